The van der Waals surface area contributed by atoms with Crippen LogP contribution in [0.4, 0.5) is 11.4 Å². The van der Waals surface area contributed by atoms with Gasteiger partial charge in [0.25, 0.3) is 0 Å². The predicted molar refractivity (Wildman–Crippen MR) is 122 cm³/mol. The minimum Gasteiger partial charge on any atom is -0.369 e. The monoisotopic (exact) mass is 424 g/mol. The number of hydrogen-bond donors (Lipinski definition) is 1. The van der Waals surface area contributed by atoms with Crippen LogP contribution in [0.5, 0.6) is 0 Å². The van der Waals surface area contributed by atoms with Gasteiger partial charge in [-0.2, -0.15) is 0 Å². The Hall–Kier alpha value is -2.90. The maximum absolute atomic E-state index is 12.7. The number of nitrogens with one attached hydrogen (secondary N) is 1. The lowest BCUT2D eigenvalue weighted by atomic mass is 10.1. The van der Waals surface area contributed by atoms with Gasteiger partial charge in [-0.3, -0.25) is 14.8 Å². The van der Waals surface area contributed by atoms with E-state index in [1.807, 2.05) is 0 Å². The van der Waals surface area contributed by atoms with Crippen LogP contribution in [0.25, 0.3) is 0 Å². The highest BCUT2D eigenvalue weighted by Gasteiger charge is 2.30. The number of carbonyl (C=O) groups excluding carboxylic acids is 1. The van der Waals surface area contributed by atoms with E-state index in [1.165, 1.54) is 5.69 Å². The van der Waals surface area contributed by atoms with Crippen LogP contribution >= 0.6 is 12.4 Å². The van der Waals surface area contributed by atoms with Crippen molar-refractivity contribution >= 4 is 35.4 Å². The molecule has 0 amide bonds. The number of carbonyl (C=O) groups is 1. The standard InChI is InChI=1S/C22H24N6O.ClH/c1-26-9-11-27(12-10-26)17-4-5-18-19(13-17)25-21(28-8-7-24-22(18)28)14-20(29)16-3-2-6-23-15-16;/h2-6,13-15,25H,7-12H2,1H3;1H. The minimum atomic E-state index is -0.0643. The summed E-state index contributed by atoms with van der Waals surface area (Å²) in [5.74, 6) is 1.65. The van der Waals surface area contributed by atoms with Gasteiger partial charge in [0.05, 0.1) is 12.2 Å². The maximum Gasteiger partial charge on any atom is 0.191 e. The summed E-state index contributed by atoms with van der Waals surface area (Å²) in [7, 11) is 2.16. The zero-order chi connectivity index (χ0) is 19.8. The van der Waals surface area contributed by atoms with Crippen LogP contribution in [0.1, 0.15) is 15.9 Å². The van der Waals surface area contributed by atoms with Crippen molar-refractivity contribution in [3.05, 3.63) is 65.7 Å². The molecule has 5 rings (SSSR count). The molecule has 7 nitrogen and oxygen atoms in total. The average molecular weight is 425 g/mol. The van der Waals surface area contributed by atoms with Crippen molar-refractivity contribution in [2.24, 2.45) is 4.99 Å². The predicted octanol–water partition coefficient (Wildman–Crippen LogP) is 2.47. The number of aliphatic imine (C=N–C) groups is 1. The first-order valence-electron chi connectivity index (χ1n) is 10.0. The topological polar surface area (TPSA) is 64.1 Å². The Morgan fingerprint density at radius 2 is 1.97 bits per heavy atom. The molecule has 0 atom stereocenters. The van der Waals surface area contributed by atoms with Crippen molar-refractivity contribution in [1.29, 1.82) is 0 Å². The first-order chi connectivity index (χ1) is 14.2. The minimum absolute atomic E-state index is 0. The highest BCUT2D eigenvalue weighted by Crippen LogP contribution is 2.33. The van der Waals surface area contributed by atoms with E-state index in [-0.39, 0.29) is 18.2 Å². The number of rotatable bonds is 3. The molecule has 8 heteroatoms. The molecule has 1 fully saturated rings. The number of pyridine rings is 1. The number of fused-ring (bicyclic) bond motifs is 3. The van der Waals surface area contributed by atoms with E-state index in [9.17, 15) is 4.79 Å². The number of allylic oxidation sites excluding steroid dienone is 1. The van der Waals surface area contributed by atoms with Crippen LogP contribution in [-0.2, 0) is 0 Å². The van der Waals surface area contributed by atoms with Gasteiger partial charge in [-0.25, -0.2) is 0 Å². The lowest BCUT2D eigenvalue weighted by Crippen LogP contribution is -2.44. The molecule has 0 spiro atoms. The Morgan fingerprint density at radius 3 is 2.73 bits per heavy atom. The van der Waals surface area contributed by atoms with Gasteiger partial charge in [-0.05, 0) is 37.4 Å². The molecule has 1 aromatic heterocycles. The Balaban J connectivity index is 0.00000218. The van der Waals surface area contributed by atoms with Crippen molar-refractivity contribution in [2.45, 2.75) is 0 Å². The van der Waals surface area contributed by atoms with Crippen molar-refractivity contribution in [2.75, 3.05) is 56.5 Å². The van der Waals surface area contributed by atoms with E-state index in [2.05, 4.69) is 50.2 Å². The van der Waals surface area contributed by atoms with Gasteiger partial charge >= 0.3 is 0 Å². The molecule has 0 bridgehead atoms. The zero-order valence-electron chi connectivity index (χ0n) is 16.9. The molecule has 4 heterocycles. The van der Waals surface area contributed by atoms with Gasteiger partial charge in [-0.15, -0.1) is 12.4 Å². The number of halogens is 1. The third-order valence-electron chi connectivity index (χ3n) is 5.72. The molecule has 1 N–H and O–H groups in total. The van der Waals surface area contributed by atoms with Gasteiger partial charge in [0.1, 0.15) is 11.7 Å². The van der Waals surface area contributed by atoms with Crippen LogP contribution in [-0.4, -0.2) is 72.7 Å². The molecule has 0 unspecified atom stereocenters. The second-order valence-electron chi connectivity index (χ2n) is 7.64. The lowest BCUT2D eigenvalue weighted by molar-refractivity contribution is 0.104. The van der Waals surface area contributed by atoms with E-state index < -0.39 is 0 Å². The summed E-state index contributed by atoms with van der Waals surface area (Å²) in [5.41, 5.74) is 3.88. The van der Waals surface area contributed by atoms with Crippen LogP contribution in [0.3, 0.4) is 0 Å². The van der Waals surface area contributed by atoms with Crippen LogP contribution in [0, 0.1) is 0 Å². The summed E-state index contributed by atoms with van der Waals surface area (Å²) >= 11 is 0. The molecule has 0 saturated carbocycles. The van der Waals surface area contributed by atoms with Crippen molar-refractivity contribution in [3.8, 4) is 0 Å². The fourth-order valence-corrected chi connectivity index (χ4v) is 4.04. The molecule has 1 aromatic carbocycles. The third kappa shape index (κ3) is 3.78. The zero-order valence-corrected chi connectivity index (χ0v) is 17.7. The maximum atomic E-state index is 12.7. The second kappa shape index (κ2) is 8.45. The first-order valence-corrected chi connectivity index (χ1v) is 10.0. The summed E-state index contributed by atoms with van der Waals surface area (Å²) in [4.78, 5) is 28.3. The number of ketones is 1. The number of likely N-dealkylation sites (N-methyl/N-ethyl adjacent to an activating group) is 1. The van der Waals surface area contributed by atoms with Gasteiger partial charge in [0, 0.05) is 68.0 Å². The van der Waals surface area contributed by atoms with E-state index >= 15 is 0 Å². The first kappa shape index (κ1) is 20.4. The van der Waals surface area contributed by atoms with Gasteiger partial charge in [0.2, 0.25) is 0 Å². The Bertz CT molecular complexity index is 998. The highest BCUT2D eigenvalue weighted by atomic mass is 35.5. The fraction of sp³-hybridized carbons (Fsp3) is 0.318. The largest absolute Gasteiger partial charge is 0.369 e. The number of nitrogens with zero attached hydrogens (tertiary/aromatic N) is 5. The number of aromatic nitrogens is 1. The lowest BCUT2D eigenvalue weighted by Gasteiger charge is -2.36. The molecule has 3 aliphatic rings. The Morgan fingerprint density at radius 1 is 1.13 bits per heavy atom. The smallest absolute Gasteiger partial charge is 0.191 e. The Labute approximate surface area is 182 Å². The molecule has 1 saturated heterocycles. The second-order valence-corrected chi connectivity index (χ2v) is 7.64. The van der Waals surface area contributed by atoms with Crippen molar-refractivity contribution in [1.82, 2.24) is 14.8 Å². The highest BCUT2D eigenvalue weighted by molar-refractivity contribution is 6.10. The van der Waals surface area contributed by atoms with Gasteiger partial charge < -0.3 is 20.0 Å². The average Bonchev–Trinajstić information content (AvgIpc) is 3.25. The van der Waals surface area contributed by atoms with Crippen LogP contribution in [0.15, 0.2) is 59.6 Å². The number of amidine groups is 1. The summed E-state index contributed by atoms with van der Waals surface area (Å²) in [5, 5.41) is 3.49. The quantitative estimate of drug-likeness (QED) is 0.603. The molecule has 0 aliphatic carbocycles. The fourth-order valence-electron chi connectivity index (χ4n) is 4.04. The van der Waals surface area contributed by atoms with Gasteiger partial charge in [0.15, 0.2) is 5.78 Å². The molecule has 30 heavy (non-hydrogen) atoms. The van der Waals surface area contributed by atoms with E-state index in [1.54, 1.807) is 30.6 Å². The molecule has 2 aromatic rings. The summed E-state index contributed by atoms with van der Waals surface area (Å²) in [6.07, 6.45) is 4.92. The normalized spacial score (nSPS) is 19.5. The van der Waals surface area contributed by atoms with Gasteiger partial charge in [-0.1, -0.05) is 0 Å². The summed E-state index contributed by atoms with van der Waals surface area (Å²) < 4.78 is 0. The van der Waals surface area contributed by atoms with Crippen LogP contribution < -0.4 is 10.2 Å². The number of benzene rings is 1. The van der Waals surface area contributed by atoms with E-state index in [0.29, 0.717) is 5.56 Å². The van der Waals surface area contributed by atoms with E-state index in [4.69, 9.17) is 4.99 Å². The van der Waals surface area contributed by atoms with Crippen molar-refractivity contribution < 1.29 is 4.79 Å². The molecule has 3 aliphatic heterocycles. The summed E-state index contributed by atoms with van der Waals surface area (Å²) in [6, 6.07) is 10.1. The summed E-state index contributed by atoms with van der Waals surface area (Å²) in [6.45, 7) is 5.67. The number of piperazine rings is 1. The molecule has 156 valence electrons. The molecular weight excluding hydrogens is 400 g/mol. The van der Waals surface area contributed by atoms with Crippen molar-refractivity contribution in [3.63, 3.8) is 0 Å². The van der Waals surface area contributed by atoms with E-state index in [0.717, 1.165) is 62.2 Å². The third-order valence-corrected chi connectivity index (χ3v) is 5.72. The number of anilines is 2. The Kier molecular flexibility index (Phi) is 5.74. The SMILES string of the molecule is CN1CCN(c2ccc3c(c2)NC(=CC(=O)c2cccnc2)N2CCN=C32)CC1.Cl. The molecular formula is C22H25ClN6O. The number of hydrogen-bond acceptors (Lipinski definition) is 7. The molecule has 0 radical (unpaired) electrons. The van der Waals surface area contributed by atoms with Crippen LogP contribution in [0.2, 0.25) is 0 Å².